The minimum absolute atomic E-state index is 0.0910. The van der Waals surface area contributed by atoms with Crippen molar-refractivity contribution in [2.75, 3.05) is 26.3 Å². The molecule has 4 nitrogen and oxygen atoms in total. The van der Waals surface area contributed by atoms with Crippen molar-refractivity contribution in [3.05, 3.63) is 22.7 Å². The summed E-state index contributed by atoms with van der Waals surface area (Å²) in [6.45, 7) is 4.51. The van der Waals surface area contributed by atoms with E-state index in [1.165, 1.54) is 0 Å². The summed E-state index contributed by atoms with van der Waals surface area (Å²) in [7, 11) is 0. The van der Waals surface area contributed by atoms with Crippen LogP contribution in [-0.2, 0) is 0 Å². The molecule has 1 aliphatic heterocycles. The van der Waals surface area contributed by atoms with E-state index < -0.39 is 0 Å². The first-order chi connectivity index (χ1) is 8.26. The lowest BCUT2D eigenvalue weighted by molar-refractivity contribution is 0.171. The number of ether oxygens (including phenoxy) is 2. The zero-order chi connectivity index (χ0) is 12.3. The van der Waals surface area contributed by atoms with E-state index in [1.54, 1.807) is 0 Å². The SMILES string of the molecule is CCNC(CN)c1cc(Cl)c2c(c1)OCCO2. The van der Waals surface area contributed by atoms with Crippen LogP contribution in [0.25, 0.3) is 0 Å². The van der Waals surface area contributed by atoms with Gasteiger partial charge in [-0.25, -0.2) is 0 Å². The van der Waals surface area contributed by atoms with Crippen LogP contribution < -0.4 is 20.5 Å². The van der Waals surface area contributed by atoms with Crippen molar-refractivity contribution in [1.82, 2.24) is 5.32 Å². The van der Waals surface area contributed by atoms with Crippen LogP contribution in [0.2, 0.25) is 5.02 Å². The smallest absolute Gasteiger partial charge is 0.179 e. The molecule has 0 fully saturated rings. The van der Waals surface area contributed by atoms with Gasteiger partial charge in [-0.15, -0.1) is 0 Å². The number of likely N-dealkylation sites (N-methyl/N-ethyl adjacent to an activating group) is 1. The van der Waals surface area contributed by atoms with Crippen molar-refractivity contribution in [3.8, 4) is 11.5 Å². The van der Waals surface area contributed by atoms with Crippen LogP contribution >= 0.6 is 11.6 Å². The molecular weight excluding hydrogens is 240 g/mol. The third-order valence-corrected chi connectivity index (χ3v) is 2.99. The molecule has 0 aromatic heterocycles. The second-order valence-corrected chi connectivity index (χ2v) is 4.28. The van der Waals surface area contributed by atoms with Crippen molar-refractivity contribution in [3.63, 3.8) is 0 Å². The summed E-state index contributed by atoms with van der Waals surface area (Å²) in [4.78, 5) is 0. The summed E-state index contributed by atoms with van der Waals surface area (Å²) in [6, 6.07) is 3.92. The van der Waals surface area contributed by atoms with Crippen molar-refractivity contribution >= 4 is 11.6 Å². The lowest BCUT2D eigenvalue weighted by Crippen LogP contribution is -2.28. The van der Waals surface area contributed by atoms with Crippen molar-refractivity contribution < 1.29 is 9.47 Å². The molecule has 0 saturated heterocycles. The quantitative estimate of drug-likeness (QED) is 0.861. The molecule has 17 heavy (non-hydrogen) atoms. The average Bonchev–Trinajstić information content (AvgIpc) is 2.36. The number of hydrogen-bond donors (Lipinski definition) is 2. The lowest BCUT2D eigenvalue weighted by atomic mass is 10.1. The minimum Gasteiger partial charge on any atom is -0.486 e. The summed E-state index contributed by atoms with van der Waals surface area (Å²) >= 11 is 6.17. The van der Waals surface area contributed by atoms with E-state index in [0.717, 1.165) is 12.1 Å². The van der Waals surface area contributed by atoms with E-state index in [1.807, 2.05) is 19.1 Å². The van der Waals surface area contributed by atoms with E-state index in [-0.39, 0.29) is 6.04 Å². The number of rotatable bonds is 4. The number of hydrogen-bond acceptors (Lipinski definition) is 4. The Kier molecular flexibility index (Phi) is 4.10. The predicted molar refractivity (Wildman–Crippen MR) is 67.9 cm³/mol. The summed E-state index contributed by atoms with van der Waals surface area (Å²) in [5.41, 5.74) is 6.77. The fourth-order valence-electron chi connectivity index (χ4n) is 1.92. The molecule has 1 aliphatic rings. The molecule has 5 heteroatoms. The maximum atomic E-state index is 6.17. The summed E-state index contributed by atoms with van der Waals surface area (Å²) in [6.07, 6.45) is 0. The van der Waals surface area contributed by atoms with Crippen LogP contribution in [0.3, 0.4) is 0 Å². The van der Waals surface area contributed by atoms with Gasteiger partial charge in [-0.05, 0) is 24.2 Å². The Hall–Kier alpha value is -0.970. The Labute approximate surface area is 106 Å². The summed E-state index contributed by atoms with van der Waals surface area (Å²) in [5.74, 6) is 1.34. The van der Waals surface area contributed by atoms with Gasteiger partial charge < -0.3 is 20.5 Å². The zero-order valence-electron chi connectivity index (χ0n) is 9.83. The number of benzene rings is 1. The summed E-state index contributed by atoms with van der Waals surface area (Å²) < 4.78 is 11.0. The molecule has 0 bridgehead atoms. The minimum atomic E-state index is 0.0910. The van der Waals surface area contributed by atoms with Gasteiger partial charge in [-0.1, -0.05) is 18.5 Å². The largest absolute Gasteiger partial charge is 0.486 e. The molecule has 0 amide bonds. The molecule has 1 heterocycles. The van der Waals surface area contributed by atoms with Crippen LogP contribution in [0.15, 0.2) is 12.1 Å². The van der Waals surface area contributed by atoms with E-state index in [4.69, 9.17) is 26.8 Å². The highest BCUT2D eigenvalue weighted by atomic mass is 35.5. The molecule has 0 aliphatic carbocycles. The van der Waals surface area contributed by atoms with Gasteiger partial charge in [0, 0.05) is 12.6 Å². The Balaban J connectivity index is 2.32. The predicted octanol–water partition coefficient (Wildman–Crippen LogP) is 1.72. The van der Waals surface area contributed by atoms with Gasteiger partial charge in [0.15, 0.2) is 11.5 Å². The maximum Gasteiger partial charge on any atom is 0.179 e. The number of fused-ring (bicyclic) bond motifs is 1. The fourth-order valence-corrected chi connectivity index (χ4v) is 2.19. The number of nitrogens with two attached hydrogens (primary N) is 1. The molecule has 3 N–H and O–H groups in total. The first-order valence-electron chi connectivity index (χ1n) is 5.78. The maximum absolute atomic E-state index is 6.17. The Morgan fingerprint density at radius 3 is 2.88 bits per heavy atom. The summed E-state index contributed by atoms with van der Waals surface area (Å²) in [5, 5.41) is 3.88. The highest BCUT2D eigenvalue weighted by molar-refractivity contribution is 6.32. The zero-order valence-corrected chi connectivity index (χ0v) is 10.6. The van der Waals surface area contributed by atoms with Crippen molar-refractivity contribution in [2.45, 2.75) is 13.0 Å². The van der Waals surface area contributed by atoms with Gasteiger partial charge in [0.1, 0.15) is 13.2 Å². The first-order valence-corrected chi connectivity index (χ1v) is 6.16. The second-order valence-electron chi connectivity index (χ2n) is 3.87. The number of nitrogens with one attached hydrogen (secondary N) is 1. The highest BCUT2D eigenvalue weighted by Gasteiger charge is 2.19. The monoisotopic (exact) mass is 256 g/mol. The molecule has 1 unspecified atom stereocenters. The van der Waals surface area contributed by atoms with Gasteiger partial charge in [0.25, 0.3) is 0 Å². The molecular formula is C12H17ClN2O2. The topological polar surface area (TPSA) is 56.5 Å². The fraction of sp³-hybridized carbons (Fsp3) is 0.500. The van der Waals surface area contributed by atoms with Crippen molar-refractivity contribution in [2.24, 2.45) is 5.73 Å². The van der Waals surface area contributed by atoms with Crippen LogP contribution in [0, 0.1) is 0 Å². The van der Waals surface area contributed by atoms with E-state index in [2.05, 4.69) is 5.32 Å². The molecule has 0 radical (unpaired) electrons. The van der Waals surface area contributed by atoms with E-state index in [0.29, 0.717) is 36.3 Å². The Morgan fingerprint density at radius 2 is 2.18 bits per heavy atom. The normalized spacial score (nSPS) is 15.7. The highest BCUT2D eigenvalue weighted by Crippen LogP contribution is 2.39. The Morgan fingerprint density at radius 1 is 1.41 bits per heavy atom. The van der Waals surface area contributed by atoms with Crippen LogP contribution in [0.4, 0.5) is 0 Å². The van der Waals surface area contributed by atoms with Gasteiger partial charge in [-0.3, -0.25) is 0 Å². The number of halogens is 1. The van der Waals surface area contributed by atoms with Gasteiger partial charge in [-0.2, -0.15) is 0 Å². The standard InChI is InChI=1S/C12H17ClN2O2/c1-2-15-10(7-14)8-5-9(13)12-11(6-8)16-3-4-17-12/h5-6,10,15H,2-4,7,14H2,1H3. The van der Waals surface area contributed by atoms with Crippen LogP contribution in [-0.4, -0.2) is 26.3 Å². The first kappa shape index (κ1) is 12.5. The van der Waals surface area contributed by atoms with E-state index in [9.17, 15) is 0 Å². The molecule has 0 saturated carbocycles. The molecule has 1 atom stereocenters. The third kappa shape index (κ3) is 2.65. The third-order valence-electron chi connectivity index (χ3n) is 2.71. The molecule has 0 spiro atoms. The van der Waals surface area contributed by atoms with Gasteiger partial charge in [0.05, 0.1) is 5.02 Å². The van der Waals surface area contributed by atoms with Gasteiger partial charge >= 0.3 is 0 Å². The van der Waals surface area contributed by atoms with Crippen LogP contribution in [0.5, 0.6) is 11.5 Å². The van der Waals surface area contributed by atoms with E-state index >= 15 is 0 Å². The Bertz CT molecular complexity index is 398. The molecule has 1 aromatic carbocycles. The molecule has 94 valence electrons. The van der Waals surface area contributed by atoms with Gasteiger partial charge in [0.2, 0.25) is 0 Å². The molecule has 1 aromatic rings. The van der Waals surface area contributed by atoms with Crippen LogP contribution in [0.1, 0.15) is 18.5 Å². The second kappa shape index (κ2) is 5.58. The lowest BCUT2D eigenvalue weighted by Gasteiger charge is -2.23. The molecule has 2 rings (SSSR count). The van der Waals surface area contributed by atoms with Crippen molar-refractivity contribution in [1.29, 1.82) is 0 Å². The average molecular weight is 257 g/mol.